The van der Waals surface area contributed by atoms with E-state index in [0.717, 1.165) is 10.2 Å². The van der Waals surface area contributed by atoms with Gasteiger partial charge in [0.05, 0.1) is 0 Å². The van der Waals surface area contributed by atoms with Crippen LogP contribution in [0.2, 0.25) is 0 Å². The van der Waals surface area contributed by atoms with Crippen LogP contribution in [-0.2, 0) is 9.47 Å². The van der Waals surface area contributed by atoms with E-state index in [4.69, 9.17) is 9.47 Å². The van der Waals surface area contributed by atoms with Crippen molar-refractivity contribution >= 4 is 107 Å². The Morgan fingerprint density at radius 2 is 1.27 bits per heavy atom. The van der Waals surface area contributed by atoms with Crippen molar-refractivity contribution in [1.29, 1.82) is 0 Å². The Bertz CT molecular complexity index is 673. The van der Waals surface area contributed by atoms with Gasteiger partial charge in [-0.1, -0.05) is 0 Å². The van der Waals surface area contributed by atoms with Crippen molar-refractivity contribution in [2.45, 2.75) is 0 Å². The first-order valence-corrected chi connectivity index (χ1v) is 16.5. The van der Waals surface area contributed by atoms with Crippen LogP contribution >= 0.6 is 47.0 Å². The van der Waals surface area contributed by atoms with Crippen LogP contribution in [0, 0.1) is 0 Å². The summed E-state index contributed by atoms with van der Waals surface area (Å²) in [4.78, 5) is 4.83. The predicted molar refractivity (Wildman–Crippen MR) is 103 cm³/mol. The minimum atomic E-state index is 0.619. The molecule has 0 saturated heterocycles. The molecule has 5 heterocycles. The zero-order chi connectivity index (χ0) is 14.5. The molecule has 2 nitrogen and oxygen atoms in total. The summed E-state index contributed by atoms with van der Waals surface area (Å²) in [5.41, 5.74) is 0. The predicted octanol–water partition coefficient (Wildman–Crippen LogP) is 2.81. The molecule has 0 radical (unpaired) electrons. The fraction of sp³-hybridized carbons (Fsp3) is 0.167. The van der Waals surface area contributed by atoms with Gasteiger partial charge in [-0.2, -0.15) is 0 Å². The van der Waals surface area contributed by atoms with E-state index in [-0.39, 0.29) is 0 Å². The van der Waals surface area contributed by atoms with Crippen LogP contribution in [0.3, 0.4) is 0 Å². The number of hydrogen-bond acceptors (Lipinski definition) is 6. The molecule has 0 aromatic carbocycles. The molecule has 0 unspecified atom stereocenters. The van der Waals surface area contributed by atoms with Crippen molar-refractivity contribution in [3.05, 3.63) is 43.0 Å². The van der Waals surface area contributed by atoms with E-state index in [1.807, 2.05) is 30.3 Å². The molecule has 5 aliphatic heterocycles. The fourth-order valence-corrected chi connectivity index (χ4v) is 24.7. The third kappa shape index (κ3) is 3.02. The van der Waals surface area contributed by atoms with Crippen LogP contribution in [0.5, 0.6) is 0 Å². The summed E-state index contributed by atoms with van der Waals surface area (Å²) < 4.78 is 21.3. The summed E-state index contributed by atoms with van der Waals surface area (Å²) in [7, 11) is 0. The second kappa shape index (κ2) is 6.83. The topological polar surface area (TPSA) is 18.5 Å². The maximum absolute atomic E-state index is 5.70. The summed E-state index contributed by atoms with van der Waals surface area (Å²) in [6, 6.07) is 0. The van der Waals surface area contributed by atoms with Gasteiger partial charge in [-0.25, -0.2) is 0 Å². The van der Waals surface area contributed by atoms with Gasteiger partial charge in [0.15, 0.2) is 0 Å². The van der Waals surface area contributed by atoms with E-state index in [1.165, 1.54) is 8.47 Å². The molecule has 5 aliphatic rings. The average Bonchev–Trinajstić information content (AvgIpc) is 3.27. The van der Waals surface area contributed by atoms with Gasteiger partial charge in [-0.15, -0.1) is 0 Å². The molecule has 0 fully saturated rings. The molecule has 10 heteroatoms. The average molecular weight is 626 g/mol. The van der Waals surface area contributed by atoms with E-state index in [1.54, 1.807) is 31.1 Å². The SMILES string of the molecule is C1=C[Se]C(=C2[Se]C3=C(SC(=C4SC5=C(OCCO5)S4)S3)[Se]2)[Se]1. The molecule has 0 aromatic rings. The van der Waals surface area contributed by atoms with Crippen molar-refractivity contribution in [2.24, 2.45) is 0 Å². The standard InChI is InChI=1S/C12H6O2S4Se4/c1-2-14-6-5(13-1)15-7(16-6)8-17-9-10(18-8)22-12(21-9)11-19-3-4-20-11/h3-4H,1-2H2. The Hall–Kier alpha value is 1.78. The van der Waals surface area contributed by atoms with Crippen LogP contribution in [0.4, 0.5) is 0 Å². The molecule has 0 spiro atoms. The zero-order valence-electron chi connectivity index (χ0n) is 10.7. The quantitative estimate of drug-likeness (QED) is 0.383. The van der Waals surface area contributed by atoms with Crippen LogP contribution < -0.4 is 0 Å². The summed E-state index contributed by atoms with van der Waals surface area (Å²) in [5.74, 6) is 0. The first kappa shape index (κ1) is 16.0. The van der Waals surface area contributed by atoms with E-state index in [2.05, 4.69) is 9.95 Å². The van der Waals surface area contributed by atoms with Gasteiger partial charge < -0.3 is 0 Å². The van der Waals surface area contributed by atoms with Gasteiger partial charge in [0, 0.05) is 0 Å². The summed E-state index contributed by atoms with van der Waals surface area (Å²) in [6.45, 7) is 1.37. The third-order valence-electron chi connectivity index (χ3n) is 2.73. The van der Waals surface area contributed by atoms with Crippen LogP contribution in [-0.4, -0.2) is 73.0 Å². The molecule has 5 rings (SSSR count). The second-order valence-corrected chi connectivity index (χ2v) is 20.6. The monoisotopic (exact) mass is 630 g/mol. The van der Waals surface area contributed by atoms with Gasteiger partial charge in [-0.05, 0) is 0 Å². The molecule has 114 valence electrons. The molecule has 0 atom stereocenters. The Kier molecular flexibility index (Phi) is 4.96. The maximum atomic E-state index is 5.70. The fourth-order valence-electron chi connectivity index (χ4n) is 1.86. The number of rotatable bonds is 0. The van der Waals surface area contributed by atoms with E-state index >= 15 is 0 Å². The van der Waals surface area contributed by atoms with E-state index in [9.17, 15) is 0 Å². The summed E-state index contributed by atoms with van der Waals surface area (Å²) in [5, 5.41) is 1.96. The van der Waals surface area contributed by atoms with E-state index < -0.39 is 0 Å². The molecule has 0 bridgehead atoms. The van der Waals surface area contributed by atoms with Crippen molar-refractivity contribution in [1.82, 2.24) is 0 Å². The summed E-state index contributed by atoms with van der Waals surface area (Å²) in [6.07, 6.45) is 0. The molecule has 0 N–H and O–H groups in total. The minimum absolute atomic E-state index is 0.619. The van der Waals surface area contributed by atoms with Crippen molar-refractivity contribution in [2.75, 3.05) is 13.2 Å². The molecule has 0 aromatic heterocycles. The van der Waals surface area contributed by atoms with Crippen LogP contribution in [0.1, 0.15) is 0 Å². The molecule has 0 aliphatic carbocycles. The molecule has 0 saturated carbocycles. The van der Waals surface area contributed by atoms with Gasteiger partial charge in [-0.3, -0.25) is 0 Å². The normalized spacial score (nSPS) is 26.9. The number of thioether (sulfide) groups is 4. The number of ether oxygens (including phenoxy) is 2. The third-order valence-corrected chi connectivity index (χ3v) is 24.6. The Balaban J connectivity index is 1.31. The van der Waals surface area contributed by atoms with Crippen molar-refractivity contribution in [3.63, 3.8) is 0 Å². The van der Waals surface area contributed by atoms with Crippen LogP contribution in [0.25, 0.3) is 0 Å². The van der Waals surface area contributed by atoms with Gasteiger partial charge >= 0.3 is 173 Å². The molecule has 22 heavy (non-hydrogen) atoms. The first-order valence-electron chi connectivity index (χ1n) is 6.15. The molecular formula is C12H6O2S4Se4. The first-order chi connectivity index (χ1) is 10.9. The van der Waals surface area contributed by atoms with Crippen molar-refractivity contribution in [3.8, 4) is 0 Å². The molecule has 0 amide bonds. The van der Waals surface area contributed by atoms with Gasteiger partial charge in [0.1, 0.15) is 0 Å². The Morgan fingerprint density at radius 3 is 1.86 bits per heavy atom. The van der Waals surface area contributed by atoms with Crippen molar-refractivity contribution < 1.29 is 9.47 Å². The van der Waals surface area contributed by atoms with E-state index in [0.29, 0.717) is 73.0 Å². The zero-order valence-corrected chi connectivity index (χ0v) is 20.8. The number of hydrogen-bond donors (Lipinski definition) is 0. The van der Waals surface area contributed by atoms with Crippen LogP contribution in [0.15, 0.2) is 43.0 Å². The second-order valence-electron chi connectivity index (χ2n) is 4.12. The Labute approximate surface area is 170 Å². The van der Waals surface area contributed by atoms with Gasteiger partial charge in [0.25, 0.3) is 0 Å². The molecular weight excluding hydrogens is 620 g/mol. The van der Waals surface area contributed by atoms with Gasteiger partial charge in [0.2, 0.25) is 0 Å². The summed E-state index contributed by atoms with van der Waals surface area (Å²) >= 11 is 10.2. The Morgan fingerprint density at radius 1 is 0.727 bits per heavy atom.